The molecule has 4 heterocycles. The summed E-state index contributed by atoms with van der Waals surface area (Å²) >= 11 is 3.00. The third kappa shape index (κ3) is 4.35. The van der Waals surface area contributed by atoms with Crippen molar-refractivity contribution < 1.29 is 14.3 Å². The van der Waals surface area contributed by atoms with Crippen molar-refractivity contribution in [2.24, 2.45) is 5.73 Å². The lowest BCUT2D eigenvalue weighted by molar-refractivity contribution is -0.152. The summed E-state index contributed by atoms with van der Waals surface area (Å²) in [7, 11) is 0. The number of aromatic nitrogens is 2. The van der Waals surface area contributed by atoms with Crippen LogP contribution in [0.15, 0.2) is 97.1 Å². The molecule has 6 rings (SSSR count). The topological polar surface area (TPSA) is 98.4 Å². The van der Waals surface area contributed by atoms with Crippen LogP contribution >= 0.6 is 23.1 Å². The standard InChI is InChI=1S/C28H22N4O3S2/c29-22-26(33)32-23(28(34)35-24(17-8-3-1-4-9-17)18-10-5-2-6-11-18)20(16-36-27(22)32)21-15-31-25(37-21)19-12-7-13-30-14-19/h1-15,22,24,27H,16,29H2. The first kappa shape index (κ1) is 23.6. The Balaban J connectivity index is 1.41. The van der Waals surface area contributed by atoms with Crippen molar-refractivity contribution in [1.29, 1.82) is 0 Å². The van der Waals surface area contributed by atoms with Crippen molar-refractivity contribution in [3.05, 3.63) is 113 Å². The number of thiazole rings is 1. The maximum absolute atomic E-state index is 13.9. The number of benzene rings is 2. The summed E-state index contributed by atoms with van der Waals surface area (Å²) in [6.07, 6.45) is 4.57. The predicted molar refractivity (Wildman–Crippen MR) is 144 cm³/mol. The average Bonchev–Trinajstić information content (AvgIpc) is 3.46. The number of nitrogens with zero attached hydrogens (tertiary/aromatic N) is 3. The normalized spacial score (nSPS) is 19.0. The van der Waals surface area contributed by atoms with E-state index in [-0.39, 0.29) is 17.0 Å². The van der Waals surface area contributed by atoms with Gasteiger partial charge in [0.15, 0.2) is 6.10 Å². The van der Waals surface area contributed by atoms with Gasteiger partial charge in [-0.05, 0) is 23.3 Å². The molecule has 0 saturated carbocycles. The molecule has 2 unspecified atom stereocenters. The zero-order valence-corrected chi connectivity index (χ0v) is 21.2. The van der Waals surface area contributed by atoms with Crippen molar-refractivity contribution in [2.75, 3.05) is 5.75 Å². The molecule has 1 saturated heterocycles. The first-order valence-electron chi connectivity index (χ1n) is 11.7. The molecule has 4 aromatic rings. The number of β-lactam (4-membered cyclic amide) rings is 1. The SMILES string of the molecule is NC1C(=O)N2C(C(=O)OC(c3ccccc3)c3ccccc3)=C(c3cnc(-c4cccnc4)s3)CSC12. The zero-order chi connectivity index (χ0) is 25.4. The average molecular weight is 527 g/mol. The van der Waals surface area contributed by atoms with Gasteiger partial charge in [-0.15, -0.1) is 23.1 Å². The highest BCUT2D eigenvalue weighted by atomic mass is 32.2. The third-order valence-corrected chi connectivity index (χ3v) is 8.75. The van der Waals surface area contributed by atoms with Crippen molar-refractivity contribution in [1.82, 2.24) is 14.9 Å². The van der Waals surface area contributed by atoms with E-state index in [1.807, 2.05) is 72.8 Å². The van der Waals surface area contributed by atoms with Gasteiger partial charge in [-0.2, -0.15) is 0 Å². The van der Waals surface area contributed by atoms with E-state index in [9.17, 15) is 9.59 Å². The summed E-state index contributed by atoms with van der Waals surface area (Å²) in [5.74, 6) is -0.327. The molecule has 2 aromatic carbocycles. The van der Waals surface area contributed by atoms with E-state index >= 15 is 0 Å². The van der Waals surface area contributed by atoms with Crippen molar-refractivity contribution in [3.8, 4) is 10.6 Å². The van der Waals surface area contributed by atoms with Gasteiger partial charge in [0.05, 0.1) is 4.88 Å². The Morgan fingerprint density at radius 2 is 1.70 bits per heavy atom. The lowest BCUT2D eigenvalue weighted by Crippen LogP contribution is -2.68. The number of fused-ring (bicyclic) bond motifs is 1. The van der Waals surface area contributed by atoms with Crippen LogP contribution in [0.4, 0.5) is 0 Å². The molecule has 2 aromatic heterocycles. The van der Waals surface area contributed by atoms with Gasteiger partial charge in [-0.25, -0.2) is 9.78 Å². The highest BCUT2D eigenvalue weighted by molar-refractivity contribution is 8.00. The van der Waals surface area contributed by atoms with Gasteiger partial charge in [0.25, 0.3) is 0 Å². The van der Waals surface area contributed by atoms with Gasteiger partial charge in [0.1, 0.15) is 22.1 Å². The van der Waals surface area contributed by atoms with Gasteiger partial charge < -0.3 is 10.5 Å². The Labute approximate surface area is 222 Å². The fraction of sp³-hybridized carbons (Fsp3) is 0.143. The van der Waals surface area contributed by atoms with Crippen LogP contribution in [0.25, 0.3) is 16.1 Å². The fourth-order valence-electron chi connectivity index (χ4n) is 4.48. The van der Waals surface area contributed by atoms with Crippen LogP contribution in [0, 0.1) is 0 Å². The van der Waals surface area contributed by atoms with Crippen LogP contribution < -0.4 is 5.73 Å². The monoisotopic (exact) mass is 526 g/mol. The molecule has 0 radical (unpaired) electrons. The Morgan fingerprint density at radius 3 is 2.35 bits per heavy atom. The van der Waals surface area contributed by atoms with Crippen molar-refractivity contribution in [3.63, 3.8) is 0 Å². The number of pyridine rings is 1. The first-order chi connectivity index (χ1) is 18.1. The zero-order valence-electron chi connectivity index (χ0n) is 19.6. The maximum atomic E-state index is 13.9. The molecular weight excluding hydrogens is 504 g/mol. The van der Waals surface area contributed by atoms with E-state index in [2.05, 4.69) is 9.97 Å². The van der Waals surface area contributed by atoms with Crippen LogP contribution in [-0.4, -0.2) is 43.9 Å². The number of hydrogen-bond donors (Lipinski definition) is 1. The van der Waals surface area contributed by atoms with Crippen LogP contribution in [-0.2, 0) is 14.3 Å². The molecule has 0 spiro atoms. The summed E-state index contributed by atoms with van der Waals surface area (Å²) < 4.78 is 6.17. The Kier molecular flexibility index (Phi) is 6.33. The smallest absolute Gasteiger partial charge is 0.356 e. The first-order valence-corrected chi connectivity index (χ1v) is 13.6. The number of ether oxygens (including phenoxy) is 1. The molecule has 37 heavy (non-hydrogen) atoms. The van der Waals surface area contributed by atoms with E-state index in [1.165, 1.54) is 16.2 Å². The minimum atomic E-state index is -0.638. The lowest BCUT2D eigenvalue weighted by atomic mass is 10.0. The molecule has 9 heteroatoms. The number of hydrogen-bond acceptors (Lipinski definition) is 8. The molecule has 0 bridgehead atoms. The maximum Gasteiger partial charge on any atom is 0.356 e. The van der Waals surface area contributed by atoms with E-state index < -0.39 is 18.1 Å². The summed E-state index contributed by atoms with van der Waals surface area (Å²) in [6, 6.07) is 22.3. The molecule has 0 aliphatic carbocycles. The van der Waals surface area contributed by atoms with E-state index in [0.717, 1.165) is 32.1 Å². The Bertz CT molecular complexity index is 1440. The van der Waals surface area contributed by atoms with E-state index in [0.29, 0.717) is 5.75 Å². The van der Waals surface area contributed by atoms with E-state index in [4.69, 9.17) is 10.5 Å². The summed E-state index contributed by atoms with van der Waals surface area (Å²) in [6.45, 7) is 0. The molecular formula is C28H22N4O3S2. The largest absolute Gasteiger partial charge is 0.448 e. The Morgan fingerprint density at radius 1 is 1.00 bits per heavy atom. The summed E-state index contributed by atoms with van der Waals surface area (Å²) in [5.41, 5.74) is 9.62. The Hall–Kier alpha value is -3.79. The fourth-order valence-corrected chi connectivity index (χ4v) is 6.83. The number of esters is 1. The number of amides is 1. The van der Waals surface area contributed by atoms with Gasteiger partial charge >= 0.3 is 5.97 Å². The molecule has 2 N–H and O–H groups in total. The third-order valence-electron chi connectivity index (χ3n) is 6.34. The molecule has 2 aliphatic heterocycles. The van der Waals surface area contributed by atoms with Crippen LogP contribution in [0.2, 0.25) is 0 Å². The highest BCUT2D eigenvalue weighted by Crippen LogP contribution is 2.45. The summed E-state index contributed by atoms with van der Waals surface area (Å²) in [4.78, 5) is 37.8. The molecule has 184 valence electrons. The second kappa shape index (κ2) is 9.93. The number of rotatable bonds is 6. The van der Waals surface area contributed by atoms with Gasteiger partial charge in [0, 0.05) is 35.5 Å². The molecule has 2 atom stereocenters. The second-order valence-electron chi connectivity index (χ2n) is 8.64. The van der Waals surface area contributed by atoms with Gasteiger partial charge in [-0.1, -0.05) is 60.7 Å². The molecule has 1 amide bonds. The quantitative estimate of drug-likeness (QED) is 0.292. The van der Waals surface area contributed by atoms with Crippen LogP contribution in [0.3, 0.4) is 0 Å². The van der Waals surface area contributed by atoms with Crippen LogP contribution in [0.1, 0.15) is 22.1 Å². The number of carbonyl (C=O) groups excluding carboxylic acids is 2. The second-order valence-corrected chi connectivity index (χ2v) is 10.8. The summed E-state index contributed by atoms with van der Waals surface area (Å²) in [5, 5.41) is 0.491. The van der Waals surface area contributed by atoms with E-state index in [1.54, 1.807) is 30.4 Å². The minimum Gasteiger partial charge on any atom is -0.448 e. The molecule has 2 aliphatic rings. The number of carbonyl (C=O) groups is 2. The number of nitrogens with two attached hydrogens (primary N) is 1. The number of thioether (sulfide) groups is 1. The highest BCUT2D eigenvalue weighted by Gasteiger charge is 2.52. The van der Waals surface area contributed by atoms with Crippen molar-refractivity contribution >= 4 is 40.5 Å². The predicted octanol–water partition coefficient (Wildman–Crippen LogP) is 4.49. The molecule has 7 nitrogen and oxygen atoms in total. The lowest BCUT2D eigenvalue weighted by Gasteiger charge is -2.48. The molecule has 1 fully saturated rings. The van der Waals surface area contributed by atoms with Gasteiger partial charge in [0.2, 0.25) is 5.91 Å². The van der Waals surface area contributed by atoms with Crippen molar-refractivity contribution in [2.45, 2.75) is 17.5 Å². The van der Waals surface area contributed by atoms with Crippen LogP contribution in [0.5, 0.6) is 0 Å². The minimum absolute atomic E-state index is 0.244. The van der Waals surface area contributed by atoms with Gasteiger partial charge in [-0.3, -0.25) is 14.7 Å².